The van der Waals surface area contributed by atoms with E-state index in [1.165, 1.54) is 0 Å². The van der Waals surface area contributed by atoms with Crippen molar-refractivity contribution in [1.29, 1.82) is 0 Å². The molecule has 2 unspecified atom stereocenters. The fraction of sp³-hybridized carbons (Fsp3) is 0.571. The van der Waals surface area contributed by atoms with E-state index < -0.39 is 0 Å². The molecule has 2 aromatic rings. The predicted molar refractivity (Wildman–Crippen MR) is 74.2 cm³/mol. The van der Waals surface area contributed by atoms with Crippen LogP contribution in [-0.2, 0) is 11.3 Å². The second-order valence-corrected chi connectivity index (χ2v) is 5.86. The molecule has 2 aliphatic heterocycles. The van der Waals surface area contributed by atoms with Crippen molar-refractivity contribution >= 4 is 5.91 Å². The first-order valence-electron chi connectivity index (χ1n) is 7.45. The van der Waals surface area contributed by atoms with E-state index in [9.17, 15) is 4.79 Å². The predicted octanol–water partition coefficient (Wildman–Crippen LogP) is 0.869. The topological polar surface area (TPSA) is 68.8 Å². The van der Waals surface area contributed by atoms with Gasteiger partial charge in [0.1, 0.15) is 6.54 Å². The van der Waals surface area contributed by atoms with Gasteiger partial charge in [-0.05, 0) is 31.7 Å². The Labute approximate surface area is 122 Å². The molecular formula is C14H18N6O. The van der Waals surface area contributed by atoms with Gasteiger partial charge >= 0.3 is 0 Å². The number of carbonyl (C=O) groups is 1. The molecule has 0 saturated carbocycles. The van der Waals surface area contributed by atoms with Crippen LogP contribution < -0.4 is 0 Å². The standard InChI is InChI=1S/C14H18N6O/c21-14(10-18-7-1-4-15-18)19-11-2-3-12(19)9-13(8-11)20-16-5-6-17-20/h1,4-7,11-13H,2-3,8-10H2. The van der Waals surface area contributed by atoms with Gasteiger partial charge in [-0.1, -0.05) is 0 Å². The van der Waals surface area contributed by atoms with Crippen molar-refractivity contribution in [2.45, 2.75) is 50.4 Å². The Bertz CT molecular complexity index is 593. The molecule has 0 aromatic carbocycles. The molecule has 4 heterocycles. The Hall–Kier alpha value is -2.18. The maximum absolute atomic E-state index is 12.5. The van der Waals surface area contributed by atoms with E-state index in [0.717, 1.165) is 25.7 Å². The van der Waals surface area contributed by atoms with Crippen molar-refractivity contribution in [2.75, 3.05) is 0 Å². The van der Waals surface area contributed by atoms with E-state index in [-0.39, 0.29) is 5.91 Å². The minimum atomic E-state index is 0.179. The highest BCUT2D eigenvalue weighted by Crippen LogP contribution is 2.40. The molecule has 21 heavy (non-hydrogen) atoms. The van der Waals surface area contributed by atoms with Gasteiger partial charge in [0.2, 0.25) is 5.91 Å². The van der Waals surface area contributed by atoms with E-state index in [1.807, 2.05) is 12.3 Å². The minimum Gasteiger partial charge on any atom is -0.335 e. The van der Waals surface area contributed by atoms with Crippen LogP contribution in [0.2, 0.25) is 0 Å². The number of aromatic nitrogens is 5. The van der Waals surface area contributed by atoms with E-state index in [0.29, 0.717) is 24.7 Å². The van der Waals surface area contributed by atoms with Crippen molar-refractivity contribution in [2.24, 2.45) is 0 Å². The Morgan fingerprint density at radius 3 is 2.33 bits per heavy atom. The van der Waals surface area contributed by atoms with E-state index in [1.54, 1.807) is 28.1 Å². The highest BCUT2D eigenvalue weighted by Gasteiger charge is 2.44. The smallest absolute Gasteiger partial charge is 0.244 e. The summed E-state index contributed by atoms with van der Waals surface area (Å²) in [6, 6.07) is 2.81. The van der Waals surface area contributed by atoms with Crippen LogP contribution in [0.4, 0.5) is 0 Å². The van der Waals surface area contributed by atoms with Crippen LogP contribution in [-0.4, -0.2) is 47.7 Å². The zero-order valence-corrected chi connectivity index (χ0v) is 11.7. The van der Waals surface area contributed by atoms with Gasteiger partial charge in [-0.3, -0.25) is 9.48 Å². The van der Waals surface area contributed by atoms with Crippen molar-refractivity contribution in [3.63, 3.8) is 0 Å². The Kier molecular flexibility index (Phi) is 2.98. The van der Waals surface area contributed by atoms with Crippen molar-refractivity contribution < 1.29 is 4.79 Å². The number of fused-ring (bicyclic) bond motifs is 2. The quantitative estimate of drug-likeness (QED) is 0.839. The normalized spacial score (nSPS) is 28.0. The summed E-state index contributed by atoms with van der Waals surface area (Å²) in [5.41, 5.74) is 0. The first-order chi connectivity index (χ1) is 10.3. The van der Waals surface area contributed by atoms with Gasteiger partial charge in [0.15, 0.2) is 0 Å². The monoisotopic (exact) mass is 286 g/mol. The third-order valence-electron chi connectivity index (χ3n) is 4.62. The van der Waals surface area contributed by atoms with E-state index in [4.69, 9.17) is 0 Å². The summed E-state index contributed by atoms with van der Waals surface area (Å²) in [5.74, 6) is 0.179. The Morgan fingerprint density at radius 1 is 1.00 bits per heavy atom. The fourth-order valence-electron chi connectivity index (χ4n) is 3.77. The molecule has 2 atom stereocenters. The molecule has 1 amide bonds. The third-order valence-corrected chi connectivity index (χ3v) is 4.62. The molecule has 2 bridgehead atoms. The van der Waals surface area contributed by atoms with Gasteiger partial charge in [-0.15, -0.1) is 0 Å². The second-order valence-electron chi connectivity index (χ2n) is 5.86. The Balaban J connectivity index is 1.48. The van der Waals surface area contributed by atoms with Crippen LogP contribution in [0.25, 0.3) is 0 Å². The fourth-order valence-corrected chi connectivity index (χ4v) is 3.77. The maximum atomic E-state index is 12.5. The zero-order chi connectivity index (χ0) is 14.2. The number of hydrogen-bond donors (Lipinski definition) is 0. The van der Waals surface area contributed by atoms with Gasteiger partial charge in [0.05, 0.1) is 18.4 Å². The molecule has 110 valence electrons. The van der Waals surface area contributed by atoms with E-state index >= 15 is 0 Å². The van der Waals surface area contributed by atoms with Crippen LogP contribution in [0.3, 0.4) is 0 Å². The molecule has 4 rings (SSSR count). The van der Waals surface area contributed by atoms with Gasteiger partial charge in [0.25, 0.3) is 0 Å². The molecular weight excluding hydrogens is 268 g/mol. The number of amides is 1. The average molecular weight is 286 g/mol. The molecule has 7 nitrogen and oxygen atoms in total. The summed E-state index contributed by atoms with van der Waals surface area (Å²) in [6.45, 7) is 0.338. The van der Waals surface area contributed by atoms with Crippen molar-refractivity contribution in [3.05, 3.63) is 30.9 Å². The largest absolute Gasteiger partial charge is 0.335 e. The Morgan fingerprint density at radius 2 is 1.71 bits per heavy atom. The molecule has 0 N–H and O–H groups in total. The van der Waals surface area contributed by atoms with E-state index in [2.05, 4.69) is 20.2 Å². The SMILES string of the molecule is O=C(Cn1cccn1)N1C2CCC1CC(n1nccn1)C2. The lowest BCUT2D eigenvalue weighted by Gasteiger charge is -2.38. The molecule has 0 aliphatic carbocycles. The minimum absolute atomic E-state index is 0.179. The summed E-state index contributed by atoms with van der Waals surface area (Å²) >= 11 is 0. The maximum Gasteiger partial charge on any atom is 0.244 e. The number of carbonyl (C=O) groups excluding carboxylic acids is 1. The summed E-state index contributed by atoms with van der Waals surface area (Å²) in [5, 5.41) is 12.6. The lowest BCUT2D eigenvalue weighted by Crippen LogP contribution is -2.48. The number of rotatable bonds is 3. The molecule has 2 fully saturated rings. The molecule has 2 saturated heterocycles. The number of hydrogen-bond acceptors (Lipinski definition) is 4. The summed E-state index contributed by atoms with van der Waals surface area (Å²) < 4.78 is 1.70. The average Bonchev–Trinajstić information content (AvgIpc) is 3.20. The first-order valence-corrected chi connectivity index (χ1v) is 7.45. The van der Waals surface area contributed by atoms with Gasteiger partial charge in [-0.2, -0.15) is 20.1 Å². The van der Waals surface area contributed by atoms with Gasteiger partial charge < -0.3 is 4.90 Å². The summed E-state index contributed by atoms with van der Waals surface area (Å²) in [7, 11) is 0. The van der Waals surface area contributed by atoms with Crippen LogP contribution in [0.5, 0.6) is 0 Å². The van der Waals surface area contributed by atoms with Crippen LogP contribution in [0.1, 0.15) is 31.7 Å². The number of nitrogens with zero attached hydrogens (tertiary/aromatic N) is 6. The van der Waals surface area contributed by atoms with Crippen molar-refractivity contribution in [1.82, 2.24) is 29.7 Å². The molecule has 0 radical (unpaired) electrons. The van der Waals surface area contributed by atoms with Crippen LogP contribution >= 0.6 is 0 Å². The van der Waals surface area contributed by atoms with Gasteiger partial charge in [0, 0.05) is 24.5 Å². The molecule has 2 aromatic heterocycles. The lowest BCUT2D eigenvalue weighted by molar-refractivity contribution is -0.137. The molecule has 2 aliphatic rings. The first kappa shape index (κ1) is 12.6. The molecule has 7 heteroatoms. The van der Waals surface area contributed by atoms with Crippen LogP contribution in [0.15, 0.2) is 30.9 Å². The number of piperidine rings is 1. The third kappa shape index (κ3) is 2.22. The highest BCUT2D eigenvalue weighted by atomic mass is 16.2. The highest BCUT2D eigenvalue weighted by molar-refractivity contribution is 5.77. The second kappa shape index (κ2) is 4.98. The lowest BCUT2D eigenvalue weighted by atomic mass is 9.97. The zero-order valence-electron chi connectivity index (χ0n) is 11.7. The van der Waals surface area contributed by atoms with Crippen molar-refractivity contribution in [3.8, 4) is 0 Å². The molecule has 0 spiro atoms. The van der Waals surface area contributed by atoms with Gasteiger partial charge in [-0.25, -0.2) is 0 Å². The van der Waals surface area contributed by atoms with Crippen LogP contribution in [0, 0.1) is 0 Å². The summed E-state index contributed by atoms with van der Waals surface area (Å²) in [4.78, 5) is 16.4. The summed E-state index contributed by atoms with van der Waals surface area (Å²) in [6.07, 6.45) is 11.1.